The number of amides is 1. The van der Waals surface area contributed by atoms with Crippen molar-refractivity contribution in [3.05, 3.63) is 41.1 Å². The third kappa shape index (κ3) is 3.86. The normalized spacial score (nSPS) is 11.0. The Hall–Kier alpha value is -3.50. The number of nitrogens with one attached hydrogen (secondary N) is 1. The number of alkyl halides is 2. The standard InChI is InChI=1S/C16H15F2N5O4/c1-22-14-10(6-20-22)15(25)23(8-19-14)7-13(24)21-9-3-4-11(26-2)12(5-9)27-16(17)18/h3-6,8,16H,7H2,1-2H3,(H,21,24). The van der Waals surface area contributed by atoms with Crippen molar-refractivity contribution in [3.8, 4) is 11.5 Å². The van der Waals surface area contributed by atoms with Crippen LogP contribution in [0.3, 0.4) is 0 Å². The number of carbonyl (C=O) groups is 1. The fourth-order valence-corrected chi connectivity index (χ4v) is 2.48. The summed E-state index contributed by atoms with van der Waals surface area (Å²) >= 11 is 0. The Morgan fingerprint density at radius 1 is 1.33 bits per heavy atom. The average molecular weight is 379 g/mol. The number of nitrogens with zero attached hydrogens (tertiary/aromatic N) is 4. The maximum Gasteiger partial charge on any atom is 0.387 e. The second-order valence-corrected chi connectivity index (χ2v) is 5.48. The molecular formula is C16H15F2N5O4. The van der Waals surface area contributed by atoms with Crippen LogP contribution in [0, 0.1) is 0 Å². The summed E-state index contributed by atoms with van der Waals surface area (Å²) in [6.07, 6.45) is 2.61. The molecule has 0 aliphatic heterocycles. The summed E-state index contributed by atoms with van der Waals surface area (Å²) in [6, 6.07) is 4.04. The highest BCUT2D eigenvalue weighted by Crippen LogP contribution is 2.31. The molecule has 11 heteroatoms. The summed E-state index contributed by atoms with van der Waals surface area (Å²) in [5, 5.41) is 6.74. The third-order valence-corrected chi connectivity index (χ3v) is 3.70. The van der Waals surface area contributed by atoms with Gasteiger partial charge in [-0.3, -0.25) is 18.8 Å². The van der Waals surface area contributed by atoms with E-state index < -0.39 is 18.1 Å². The quantitative estimate of drug-likeness (QED) is 0.695. The molecule has 1 N–H and O–H groups in total. The smallest absolute Gasteiger partial charge is 0.387 e. The molecule has 142 valence electrons. The van der Waals surface area contributed by atoms with E-state index in [9.17, 15) is 18.4 Å². The molecule has 2 heterocycles. The van der Waals surface area contributed by atoms with Gasteiger partial charge < -0.3 is 14.8 Å². The lowest BCUT2D eigenvalue weighted by molar-refractivity contribution is -0.116. The Bertz CT molecular complexity index is 1050. The van der Waals surface area contributed by atoms with Gasteiger partial charge in [0.15, 0.2) is 17.1 Å². The number of rotatable bonds is 6. The molecule has 0 aliphatic rings. The SMILES string of the molecule is COc1ccc(NC(=O)Cn2cnc3c(cnn3C)c2=O)cc1OC(F)F. The third-order valence-electron chi connectivity index (χ3n) is 3.70. The highest BCUT2D eigenvalue weighted by Gasteiger charge is 2.14. The van der Waals surface area contributed by atoms with Crippen LogP contribution in [0.25, 0.3) is 11.0 Å². The minimum atomic E-state index is -3.04. The molecule has 1 aromatic carbocycles. The number of ether oxygens (including phenoxy) is 2. The van der Waals surface area contributed by atoms with Gasteiger partial charge in [-0.2, -0.15) is 13.9 Å². The maximum absolute atomic E-state index is 12.5. The number of methoxy groups -OCH3 is 1. The molecule has 0 atom stereocenters. The molecular weight excluding hydrogens is 364 g/mol. The van der Waals surface area contributed by atoms with Crippen LogP contribution in [0.15, 0.2) is 35.5 Å². The first-order chi connectivity index (χ1) is 12.9. The highest BCUT2D eigenvalue weighted by atomic mass is 19.3. The Morgan fingerprint density at radius 3 is 2.81 bits per heavy atom. The first kappa shape index (κ1) is 18.3. The van der Waals surface area contributed by atoms with Gasteiger partial charge in [0.25, 0.3) is 5.56 Å². The van der Waals surface area contributed by atoms with E-state index >= 15 is 0 Å². The van der Waals surface area contributed by atoms with E-state index in [0.717, 1.165) is 4.57 Å². The van der Waals surface area contributed by atoms with E-state index in [4.69, 9.17) is 4.74 Å². The molecule has 0 unspecified atom stereocenters. The fraction of sp³-hybridized carbons (Fsp3) is 0.250. The van der Waals surface area contributed by atoms with Crippen molar-refractivity contribution < 1.29 is 23.0 Å². The molecule has 2 aromatic heterocycles. The van der Waals surface area contributed by atoms with Gasteiger partial charge >= 0.3 is 6.61 Å². The van der Waals surface area contributed by atoms with Crippen LogP contribution in [0.1, 0.15) is 0 Å². The molecule has 1 amide bonds. The number of halogens is 2. The lowest BCUT2D eigenvalue weighted by atomic mass is 10.2. The van der Waals surface area contributed by atoms with Gasteiger partial charge in [-0.1, -0.05) is 0 Å². The van der Waals surface area contributed by atoms with E-state index in [1.165, 1.54) is 42.5 Å². The Balaban J connectivity index is 1.78. The van der Waals surface area contributed by atoms with Crippen LogP contribution in [-0.4, -0.2) is 39.0 Å². The number of aryl methyl sites for hydroxylation is 1. The summed E-state index contributed by atoms with van der Waals surface area (Å²) in [5.41, 5.74) is 0.195. The number of fused-ring (bicyclic) bond motifs is 1. The number of anilines is 1. The summed E-state index contributed by atoms with van der Waals surface area (Å²) < 4.78 is 36.8. The Kier molecular flexibility index (Phi) is 5.01. The Labute approximate surface area is 151 Å². The number of hydrogen-bond acceptors (Lipinski definition) is 6. The predicted molar refractivity (Wildman–Crippen MR) is 91.0 cm³/mol. The van der Waals surface area contributed by atoms with Crippen LogP contribution in [-0.2, 0) is 18.4 Å². The van der Waals surface area contributed by atoms with E-state index in [1.54, 1.807) is 7.05 Å². The summed E-state index contributed by atoms with van der Waals surface area (Å²) in [4.78, 5) is 28.7. The number of hydrogen-bond donors (Lipinski definition) is 1. The van der Waals surface area contributed by atoms with Crippen molar-refractivity contribution in [2.24, 2.45) is 7.05 Å². The minimum Gasteiger partial charge on any atom is -0.493 e. The lowest BCUT2D eigenvalue weighted by Crippen LogP contribution is -2.27. The lowest BCUT2D eigenvalue weighted by Gasteiger charge is -2.12. The fourth-order valence-electron chi connectivity index (χ4n) is 2.48. The maximum atomic E-state index is 12.5. The van der Waals surface area contributed by atoms with Crippen LogP contribution < -0.4 is 20.3 Å². The van der Waals surface area contributed by atoms with Crippen molar-refractivity contribution in [3.63, 3.8) is 0 Å². The molecule has 3 rings (SSSR count). The molecule has 0 bridgehead atoms. The second kappa shape index (κ2) is 7.40. The number of carbonyl (C=O) groups excluding carboxylic acids is 1. The Morgan fingerprint density at radius 2 is 2.11 bits per heavy atom. The zero-order chi connectivity index (χ0) is 19.6. The first-order valence-corrected chi connectivity index (χ1v) is 7.69. The monoisotopic (exact) mass is 379 g/mol. The zero-order valence-electron chi connectivity index (χ0n) is 14.3. The van der Waals surface area contributed by atoms with Crippen LogP contribution in [0.5, 0.6) is 11.5 Å². The van der Waals surface area contributed by atoms with Crippen molar-refractivity contribution in [1.82, 2.24) is 19.3 Å². The molecule has 0 fully saturated rings. The number of aromatic nitrogens is 4. The van der Waals surface area contributed by atoms with Gasteiger partial charge in [0.2, 0.25) is 5.91 Å². The van der Waals surface area contributed by atoms with Crippen molar-refractivity contribution in [2.75, 3.05) is 12.4 Å². The predicted octanol–water partition coefficient (Wildman–Crippen LogP) is 1.38. The average Bonchev–Trinajstić information content (AvgIpc) is 2.99. The highest BCUT2D eigenvalue weighted by molar-refractivity contribution is 5.91. The summed E-state index contributed by atoms with van der Waals surface area (Å²) in [7, 11) is 2.95. The molecule has 0 saturated heterocycles. The molecule has 0 saturated carbocycles. The van der Waals surface area contributed by atoms with Gasteiger partial charge in [0, 0.05) is 18.8 Å². The van der Waals surface area contributed by atoms with E-state index in [1.807, 2.05) is 0 Å². The molecule has 27 heavy (non-hydrogen) atoms. The molecule has 0 spiro atoms. The first-order valence-electron chi connectivity index (χ1n) is 7.69. The molecule has 3 aromatic rings. The van der Waals surface area contributed by atoms with Gasteiger partial charge in [0.05, 0.1) is 13.3 Å². The van der Waals surface area contributed by atoms with Crippen LogP contribution >= 0.6 is 0 Å². The largest absolute Gasteiger partial charge is 0.493 e. The van der Waals surface area contributed by atoms with Crippen molar-refractivity contribution in [1.29, 1.82) is 0 Å². The van der Waals surface area contributed by atoms with Gasteiger partial charge in [-0.25, -0.2) is 4.98 Å². The summed E-state index contributed by atoms with van der Waals surface area (Å²) in [6.45, 7) is -3.35. The van der Waals surface area contributed by atoms with Gasteiger partial charge in [-0.15, -0.1) is 0 Å². The second-order valence-electron chi connectivity index (χ2n) is 5.48. The number of benzene rings is 1. The van der Waals surface area contributed by atoms with E-state index in [0.29, 0.717) is 5.65 Å². The van der Waals surface area contributed by atoms with Crippen LogP contribution in [0.2, 0.25) is 0 Å². The van der Waals surface area contributed by atoms with Gasteiger partial charge in [0.1, 0.15) is 18.3 Å². The molecule has 9 nitrogen and oxygen atoms in total. The molecule has 0 radical (unpaired) electrons. The zero-order valence-corrected chi connectivity index (χ0v) is 14.3. The molecule has 0 aliphatic carbocycles. The van der Waals surface area contributed by atoms with E-state index in [2.05, 4.69) is 20.1 Å². The van der Waals surface area contributed by atoms with Gasteiger partial charge in [-0.05, 0) is 12.1 Å². The van der Waals surface area contributed by atoms with E-state index in [-0.39, 0.29) is 29.1 Å². The van der Waals surface area contributed by atoms with Crippen molar-refractivity contribution in [2.45, 2.75) is 13.2 Å². The topological polar surface area (TPSA) is 100 Å². The van der Waals surface area contributed by atoms with Crippen LogP contribution in [0.4, 0.5) is 14.5 Å². The van der Waals surface area contributed by atoms with Crippen molar-refractivity contribution >= 4 is 22.6 Å². The minimum absolute atomic E-state index is 0.0933. The summed E-state index contributed by atoms with van der Waals surface area (Å²) in [5.74, 6) is -0.674.